The van der Waals surface area contributed by atoms with Crippen LogP contribution in [0.2, 0.25) is 0 Å². The van der Waals surface area contributed by atoms with Gasteiger partial charge >= 0.3 is 0 Å². The largest absolute Gasteiger partial charge is 0.480 e. The van der Waals surface area contributed by atoms with Gasteiger partial charge in [0.25, 0.3) is 5.91 Å². The summed E-state index contributed by atoms with van der Waals surface area (Å²) >= 11 is 0. The lowest BCUT2D eigenvalue weighted by molar-refractivity contribution is -0.128. The van der Waals surface area contributed by atoms with Gasteiger partial charge in [-0.05, 0) is 37.4 Å². The zero-order valence-corrected chi connectivity index (χ0v) is 12.7. The molecule has 1 aromatic carbocycles. The topological polar surface area (TPSA) is 41.6 Å². The van der Waals surface area contributed by atoms with Crippen molar-refractivity contribution in [2.45, 2.75) is 44.8 Å². The second kappa shape index (κ2) is 6.48. The maximum Gasteiger partial charge on any atom is 0.261 e. The first-order valence-corrected chi connectivity index (χ1v) is 8.03. The van der Waals surface area contributed by atoms with Gasteiger partial charge in [0, 0.05) is 25.6 Å². The number of fused-ring (bicyclic) bond motifs is 1. The maximum absolute atomic E-state index is 12.3. The quantitative estimate of drug-likeness (QED) is 0.921. The molecule has 2 heterocycles. The van der Waals surface area contributed by atoms with Crippen molar-refractivity contribution in [3.63, 3.8) is 0 Å². The maximum atomic E-state index is 12.3. The summed E-state index contributed by atoms with van der Waals surface area (Å²) in [4.78, 5) is 14.8. The van der Waals surface area contributed by atoms with Crippen molar-refractivity contribution < 1.29 is 9.53 Å². The molecular weight excluding hydrogens is 264 g/mol. The average molecular weight is 288 g/mol. The van der Waals surface area contributed by atoms with Gasteiger partial charge in [0.05, 0.1) is 0 Å². The number of carbonyl (C=O) groups excluding carboxylic acids is 1. The third-order valence-electron chi connectivity index (χ3n) is 4.41. The van der Waals surface area contributed by atoms with Gasteiger partial charge in [-0.2, -0.15) is 0 Å². The summed E-state index contributed by atoms with van der Waals surface area (Å²) in [7, 11) is 0. The molecule has 1 fully saturated rings. The van der Waals surface area contributed by atoms with Gasteiger partial charge in [-0.25, -0.2) is 0 Å². The first kappa shape index (κ1) is 14.4. The normalized spacial score (nSPS) is 22.6. The van der Waals surface area contributed by atoms with Gasteiger partial charge in [0.2, 0.25) is 0 Å². The molecule has 1 unspecified atom stereocenters. The van der Waals surface area contributed by atoms with Crippen LogP contribution < -0.4 is 10.1 Å². The highest BCUT2D eigenvalue weighted by atomic mass is 16.5. The van der Waals surface area contributed by atoms with Gasteiger partial charge in [-0.3, -0.25) is 4.79 Å². The highest BCUT2D eigenvalue weighted by Gasteiger charge is 2.30. The summed E-state index contributed by atoms with van der Waals surface area (Å²) in [6, 6.07) is 8.21. The lowest BCUT2D eigenvalue weighted by atomic mass is 10.0. The van der Waals surface area contributed by atoms with E-state index < -0.39 is 0 Å². The summed E-state index contributed by atoms with van der Waals surface area (Å²) in [6.45, 7) is 5.56. The molecule has 1 aromatic rings. The number of carbonyl (C=O) groups is 1. The van der Waals surface area contributed by atoms with Crippen LogP contribution in [0.3, 0.4) is 0 Å². The van der Waals surface area contributed by atoms with Crippen LogP contribution in [0.25, 0.3) is 0 Å². The smallest absolute Gasteiger partial charge is 0.261 e. The minimum Gasteiger partial charge on any atom is -0.480 e. The van der Waals surface area contributed by atoms with E-state index in [2.05, 4.69) is 17.1 Å². The Morgan fingerprint density at radius 2 is 2.10 bits per heavy atom. The summed E-state index contributed by atoms with van der Waals surface area (Å²) < 4.78 is 5.75. The standard InChI is InChI=1S/C17H24N2O2/c1-2-9-19-10-7-14(8-11-19)18-17(20)16-12-13-5-3-4-6-15(13)21-16/h3-6,14,16H,2,7-12H2,1H3,(H,18,20). The Labute approximate surface area is 126 Å². The Morgan fingerprint density at radius 3 is 2.81 bits per heavy atom. The molecule has 0 aliphatic carbocycles. The van der Waals surface area contributed by atoms with E-state index in [1.807, 2.05) is 24.3 Å². The molecule has 0 aromatic heterocycles. The van der Waals surface area contributed by atoms with Crippen LogP contribution in [0.4, 0.5) is 0 Å². The number of hydrogen-bond acceptors (Lipinski definition) is 3. The van der Waals surface area contributed by atoms with Crippen molar-refractivity contribution in [2.75, 3.05) is 19.6 Å². The lowest BCUT2D eigenvalue weighted by Crippen LogP contribution is -2.48. The van der Waals surface area contributed by atoms with Crippen LogP contribution in [0, 0.1) is 0 Å². The number of ether oxygens (including phenoxy) is 1. The molecule has 2 aliphatic heterocycles. The molecule has 21 heavy (non-hydrogen) atoms. The number of nitrogens with one attached hydrogen (secondary N) is 1. The van der Waals surface area contributed by atoms with E-state index in [-0.39, 0.29) is 12.0 Å². The van der Waals surface area contributed by atoms with E-state index >= 15 is 0 Å². The summed E-state index contributed by atoms with van der Waals surface area (Å²) in [5, 5.41) is 3.17. The minimum atomic E-state index is -0.351. The Morgan fingerprint density at radius 1 is 1.33 bits per heavy atom. The zero-order valence-electron chi connectivity index (χ0n) is 12.7. The molecule has 1 N–H and O–H groups in total. The number of benzene rings is 1. The number of nitrogens with zero attached hydrogens (tertiary/aromatic N) is 1. The molecule has 0 saturated carbocycles. The van der Waals surface area contributed by atoms with Crippen molar-refractivity contribution in [1.82, 2.24) is 10.2 Å². The second-order valence-electron chi connectivity index (χ2n) is 6.04. The second-order valence-corrected chi connectivity index (χ2v) is 6.04. The predicted molar refractivity (Wildman–Crippen MR) is 82.5 cm³/mol. The molecule has 4 heteroatoms. The van der Waals surface area contributed by atoms with Crippen LogP contribution in [0.1, 0.15) is 31.7 Å². The monoisotopic (exact) mass is 288 g/mol. The van der Waals surface area contributed by atoms with E-state index in [0.29, 0.717) is 12.5 Å². The molecule has 0 bridgehead atoms. The number of para-hydroxylation sites is 1. The Kier molecular flexibility index (Phi) is 4.44. The first-order chi connectivity index (χ1) is 10.3. The van der Waals surface area contributed by atoms with Crippen molar-refractivity contribution in [3.05, 3.63) is 29.8 Å². The van der Waals surface area contributed by atoms with E-state index in [9.17, 15) is 4.79 Å². The minimum absolute atomic E-state index is 0.0418. The third-order valence-corrected chi connectivity index (χ3v) is 4.41. The van der Waals surface area contributed by atoms with Crippen LogP contribution in [-0.4, -0.2) is 42.6 Å². The molecule has 0 spiro atoms. The van der Waals surface area contributed by atoms with Crippen molar-refractivity contribution in [1.29, 1.82) is 0 Å². The highest BCUT2D eigenvalue weighted by molar-refractivity contribution is 5.82. The van der Waals surface area contributed by atoms with Crippen LogP contribution in [-0.2, 0) is 11.2 Å². The fourth-order valence-corrected chi connectivity index (χ4v) is 3.24. The van der Waals surface area contributed by atoms with Crippen LogP contribution in [0.5, 0.6) is 5.75 Å². The first-order valence-electron chi connectivity index (χ1n) is 8.03. The van der Waals surface area contributed by atoms with Crippen LogP contribution in [0.15, 0.2) is 24.3 Å². The average Bonchev–Trinajstić information content (AvgIpc) is 2.94. The Bertz CT molecular complexity index is 470. The summed E-state index contributed by atoms with van der Waals surface area (Å²) in [5.41, 5.74) is 1.13. The highest BCUT2D eigenvalue weighted by Crippen LogP contribution is 2.28. The molecule has 1 saturated heterocycles. The third kappa shape index (κ3) is 3.38. The number of piperidine rings is 1. The van der Waals surface area contributed by atoms with E-state index in [4.69, 9.17) is 4.74 Å². The van der Waals surface area contributed by atoms with Gasteiger partial charge in [-0.1, -0.05) is 25.1 Å². The number of likely N-dealkylation sites (tertiary alicyclic amines) is 1. The van der Waals surface area contributed by atoms with Gasteiger partial charge in [-0.15, -0.1) is 0 Å². The van der Waals surface area contributed by atoms with E-state index in [1.54, 1.807) is 0 Å². The lowest BCUT2D eigenvalue weighted by Gasteiger charge is -2.32. The van der Waals surface area contributed by atoms with Gasteiger partial charge < -0.3 is 15.0 Å². The fourth-order valence-electron chi connectivity index (χ4n) is 3.24. The Balaban J connectivity index is 1.48. The molecule has 1 atom stereocenters. The van der Waals surface area contributed by atoms with Gasteiger partial charge in [0.15, 0.2) is 6.10 Å². The predicted octanol–water partition coefficient (Wildman–Crippen LogP) is 1.98. The van der Waals surface area contributed by atoms with Crippen LogP contribution >= 0.6 is 0 Å². The molecule has 3 rings (SSSR count). The van der Waals surface area contributed by atoms with Gasteiger partial charge in [0.1, 0.15) is 5.75 Å². The zero-order chi connectivity index (χ0) is 14.7. The van der Waals surface area contributed by atoms with E-state index in [1.165, 1.54) is 13.0 Å². The number of rotatable bonds is 4. The molecule has 2 aliphatic rings. The molecular formula is C17H24N2O2. The Hall–Kier alpha value is -1.55. The van der Waals surface area contributed by atoms with Crippen molar-refractivity contribution >= 4 is 5.91 Å². The number of hydrogen-bond donors (Lipinski definition) is 1. The van der Waals surface area contributed by atoms with E-state index in [0.717, 1.165) is 37.2 Å². The SMILES string of the molecule is CCCN1CCC(NC(=O)C2Cc3ccccc3O2)CC1. The molecule has 0 radical (unpaired) electrons. The van der Waals surface area contributed by atoms with Crippen molar-refractivity contribution in [3.8, 4) is 5.75 Å². The number of amides is 1. The molecule has 114 valence electrons. The van der Waals surface area contributed by atoms with Crippen molar-refractivity contribution in [2.24, 2.45) is 0 Å². The fraction of sp³-hybridized carbons (Fsp3) is 0.588. The molecule has 1 amide bonds. The summed E-state index contributed by atoms with van der Waals surface area (Å²) in [6.07, 6.45) is 3.63. The summed E-state index contributed by atoms with van der Waals surface area (Å²) in [5.74, 6) is 0.899. The molecule has 4 nitrogen and oxygen atoms in total.